The molecule has 5 heteroatoms. The summed E-state index contributed by atoms with van der Waals surface area (Å²) in [6, 6.07) is 0. The monoisotopic (exact) mass is 209 g/mol. The SMILES string of the molecule is CC(C)c1noc2c1C(=O)NC(C)(C)N2. The van der Waals surface area contributed by atoms with Crippen LogP contribution in [-0.2, 0) is 0 Å². The average molecular weight is 209 g/mol. The van der Waals surface area contributed by atoms with Crippen molar-refractivity contribution in [2.45, 2.75) is 39.3 Å². The number of nitrogens with zero attached hydrogens (tertiary/aromatic N) is 1. The second-order valence-electron chi connectivity index (χ2n) is 4.63. The third-order valence-corrected chi connectivity index (χ3v) is 2.34. The van der Waals surface area contributed by atoms with Gasteiger partial charge in [-0.2, -0.15) is 0 Å². The normalized spacial score (nSPS) is 18.3. The molecule has 2 rings (SSSR count). The van der Waals surface area contributed by atoms with Gasteiger partial charge < -0.3 is 15.2 Å². The van der Waals surface area contributed by atoms with Crippen LogP contribution in [0, 0.1) is 0 Å². The lowest BCUT2D eigenvalue weighted by Crippen LogP contribution is -2.53. The Bertz CT molecular complexity index is 407. The minimum Gasteiger partial charge on any atom is -0.338 e. The Morgan fingerprint density at radius 2 is 2.00 bits per heavy atom. The first kappa shape index (κ1) is 10.0. The molecule has 2 heterocycles. The van der Waals surface area contributed by atoms with Crippen LogP contribution in [0.5, 0.6) is 0 Å². The van der Waals surface area contributed by atoms with Crippen LogP contribution >= 0.6 is 0 Å². The van der Waals surface area contributed by atoms with Crippen LogP contribution in [0.3, 0.4) is 0 Å². The molecule has 0 fully saturated rings. The van der Waals surface area contributed by atoms with Gasteiger partial charge in [0.05, 0.1) is 0 Å². The summed E-state index contributed by atoms with van der Waals surface area (Å²) in [6.07, 6.45) is 0. The van der Waals surface area contributed by atoms with Crippen molar-refractivity contribution in [3.05, 3.63) is 11.3 Å². The van der Waals surface area contributed by atoms with Gasteiger partial charge >= 0.3 is 0 Å². The minimum atomic E-state index is -0.488. The van der Waals surface area contributed by atoms with E-state index >= 15 is 0 Å². The van der Waals surface area contributed by atoms with Gasteiger partial charge in [0.2, 0.25) is 5.88 Å². The van der Waals surface area contributed by atoms with Crippen molar-refractivity contribution in [1.82, 2.24) is 10.5 Å². The van der Waals surface area contributed by atoms with Gasteiger partial charge in [0.25, 0.3) is 5.91 Å². The van der Waals surface area contributed by atoms with Gasteiger partial charge in [-0.1, -0.05) is 19.0 Å². The predicted octanol–water partition coefficient (Wildman–Crippen LogP) is 1.69. The number of carbonyl (C=O) groups is 1. The van der Waals surface area contributed by atoms with Crippen LogP contribution in [0.2, 0.25) is 0 Å². The van der Waals surface area contributed by atoms with Crippen molar-refractivity contribution in [2.75, 3.05) is 5.32 Å². The molecule has 1 aromatic heterocycles. The van der Waals surface area contributed by atoms with Crippen LogP contribution in [0.4, 0.5) is 5.88 Å². The molecule has 1 aliphatic rings. The Labute approximate surface area is 88.2 Å². The summed E-state index contributed by atoms with van der Waals surface area (Å²) in [4.78, 5) is 11.8. The second kappa shape index (κ2) is 2.98. The van der Waals surface area contributed by atoms with E-state index in [0.29, 0.717) is 17.1 Å². The highest BCUT2D eigenvalue weighted by molar-refractivity contribution is 6.01. The fourth-order valence-electron chi connectivity index (χ4n) is 1.66. The van der Waals surface area contributed by atoms with Gasteiger partial charge in [0, 0.05) is 0 Å². The molecule has 1 aromatic rings. The van der Waals surface area contributed by atoms with E-state index in [2.05, 4.69) is 15.8 Å². The zero-order valence-corrected chi connectivity index (χ0v) is 9.34. The number of carbonyl (C=O) groups excluding carboxylic acids is 1. The first-order valence-corrected chi connectivity index (χ1v) is 5.01. The molecule has 0 saturated heterocycles. The lowest BCUT2D eigenvalue weighted by atomic mass is 10.0. The van der Waals surface area contributed by atoms with Crippen molar-refractivity contribution in [2.24, 2.45) is 0 Å². The van der Waals surface area contributed by atoms with Crippen molar-refractivity contribution in [3.63, 3.8) is 0 Å². The molecular weight excluding hydrogens is 194 g/mol. The topological polar surface area (TPSA) is 67.2 Å². The summed E-state index contributed by atoms with van der Waals surface area (Å²) in [5.41, 5.74) is 0.743. The highest BCUT2D eigenvalue weighted by atomic mass is 16.5. The molecule has 0 aromatic carbocycles. The molecule has 0 saturated carbocycles. The second-order valence-corrected chi connectivity index (χ2v) is 4.63. The summed E-state index contributed by atoms with van der Waals surface area (Å²) in [7, 11) is 0. The third kappa shape index (κ3) is 1.58. The lowest BCUT2D eigenvalue weighted by Gasteiger charge is -2.31. The van der Waals surface area contributed by atoms with Crippen molar-refractivity contribution in [1.29, 1.82) is 0 Å². The molecule has 0 radical (unpaired) electrons. The number of hydrogen-bond acceptors (Lipinski definition) is 4. The average Bonchev–Trinajstić information content (AvgIpc) is 2.45. The quantitative estimate of drug-likeness (QED) is 0.738. The van der Waals surface area contributed by atoms with Gasteiger partial charge in [0.1, 0.15) is 16.9 Å². The molecule has 1 amide bonds. The van der Waals surface area contributed by atoms with Gasteiger partial charge in [-0.25, -0.2) is 0 Å². The van der Waals surface area contributed by atoms with E-state index in [9.17, 15) is 4.79 Å². The Morgan fingerprint density at radius 1 is 1.33 bits per heavy atom. The number of fused-ring (bicyclic) bond motifs is 1. The van der Waals surface area contributed by atoms with E-state index in [0.717, 1.165) is 0 Å². The zero-order chi connectivity index (χ0) is 11.2. The van der Waals surface area contributed by atoms with E-state index in [4.69, 9.17) is 4.52 Å². The van der Waals surface area contributed by atoms with Crippen molar-refractivity contribution >= 4 is 11.8 Å². The molecule has 0 unspecified atom stereocenters. The van der Waals surface area contributed by atoms with Gasteiger partial charge in [0.15, 0.2) is 0 Å². The molecular formula is C10H15N3O2. The van der Waals surface area contributed by atoms with Crippen LogP contribution in [0.1, 0.15) is 49.7 Å². The summed E-state index contributed by atoms with van der Waals surface area (Å²) < 4.78 is 5.13. The van der Waals surface area contributed by atoms with Gasteiger partial charge in [-0.3, -0.25) is 4.79 Å². The predicted molar refractivity (Wildman–Crippen MR) is 55.8 cm³/mol. The molecule has 0 spiro atoms. The smallest absolute Gasteiger partial charge is 0.260 e. The largest absolute Gasteiger partial charge is 0.338 e. The standard InChI is InChI=1S/C10H15N3O2/c1-5(2)7-6-8(14)11-10(3,4)12-9(6)15-13-7/h5,12H,1-4H3,(H,11,14). The maximum atomic E-state index is 11.8. The van der Waals surface area contributed by atoms with Crippen LogP contribution < -0.4 is 10.6 Å². The minimum absolute atomic E-state index is 0.126. The van der Waals surface area contributed by atoms with E-state index in [1.54, 1.807) is 0 Å². The molecule has 82 valence electrons. The maximum absolute atomic E-state index is 11.8. The first-order chi connectivity index (χ1) is 6.91. The Morgan fingerprint density at radius 3 is 2.60 bits per heavy atom. The van der Waals surface area contributed by atoms with Crippen LogP contribution in [-0.4, -0.2) is 16.7 Å². The molecule has 1 aliphatic heterocycles. The molecule has 2 N–H and O–H groups in total. The van der Waals surface area contributed by atoms with Crippen LogP contribution in [0.25, 0.3) is 0 Å². The van der Waals surface area contributed by atoms with E-state index in [1.807, 2.05) is 27.7 Å². The highest BCUT2D eigenvalue weighted by Crippen LogP contribution is 2.30. The third-order valence-electron chi connectivity index (χ3n) is 2.34. The Kier molecular flexibility index (Phi) is 1.99. The fourth-order valence-corrected chi connectivity index (χ4v) is 1.66. The maximum Gasteiger partial charge on any atom is 0.260 e. The lowest BCUT2D eigenvalue weighted by molar-refractivity contribution is 0.0910. The highest BCUT2D eigenvalue weighted by Gasteiger charge is 2.35. The Hall–Kier alpha value is -1.52. The number of hydrogen-bond donors (Lipinski definition) is 2. The van der Waals surface area contributed by atoms with Crippen molar-refractivity contribution in [3.8, 4) is 0 Å². The first-order valence-electron chi connectivity index (χ1n) is 5.01. The van der Waals surface area contributed by atoms with Gasteiger partial charge in [-0.15, -0.1) is 0 Å². The fraction of sp³-hybridized carbons (Fsp3) is 0.600. The summed E-state index contributed by atoms with van der Waals surface area (Å²) in [5, 5.41) is 9.84. The summed E-state index contributed by atoms with van der Waals surface area (Å²) in [6.45, 7) is 7.69. The van der Waals surface area contributed by atoms with E-state index in [-0.39, 0.29) is 11.8 Å². The molecule has 0 atom stereocenters. The van der Waals surface area contributed by atoms with Crippen molar-refractivity contribution < 1.29 is 9.32 Å². The molecule has 0 aliphatic carbocycles. The molecule has 5 nitrogen and oxygen atoms in total. The van der Waals surface area contributed by atoms with Crippen LogP contribution in [0.15, 0.2) is 4.52 Å². The Balaban J connectivity index is 2.48. The number of anilines is 1. The number of amides is 1. The molecule has 0 bridgehead atoms. The summed E-state index contributed by atoms with van der Waals surface area (Å²) >= 11 is 0. The summed E-state index contributed by atoms with van der Waals surface area (Å²) in [5.74, 6) is 0.511. The molecule has 15 heavy (non-hydrogen) atoms. The zero-order valence-electron chi connectivity index (χ0n) is 9.34. The van der Waals surface area contributed by atoms with Gasteiger partial charge in [-0.05, 0) is 19.8 Å². The number of rotatable bonds is 1. The number of nitrogens with one attached hydrogen (secondary N) is 2. The van der Waals surface area contributed by atoms with E-state index < -0.39 is 5.66 Å². The number of aromatic nitrogens is 1. The van der Waals surface area contributed by atoms with E-state index in [1.165, 1.54) is 0 Å².